The summed E-state index contributed by atoms with van der Waals surface area (Å²) in [6, 6.07) is 5.40. The zero-order chi connectivity index (χ0) is 19.8. The molecular weight excluding hydrogens is 367 g/mol. The van der Waals surface area contributed by atoms with E-state index in [4.69, 9.17) is 5.11 Å². The molecular formula is C17H12F3N3O4. The number of aromatic nitrogens is 3. The fourth-order valence-corrected chi connectivity index (χ4v) is 2.64. The molecule has 3 rings (SSSR count). The van der Waals surface area contributed by atoms with E-state index >= 15 is 0 Å². The number of halogens is 3. The van der Waals surface area contributed by atoms with Crippen LogP contribution < -0.4 is 10.6 Å². The van der Waals surface area contributed by atoms with E-state index in [1.165, 1.54) is 12.1 Å². The van der Waals surface area contributed by atoms with Gasteiger partial charge in [-0.2, -0.15) is 18.3 Å². The van der Waals surface area contributed by atoms with Gasteiger partial charge in [-0.1, -0.05) is 12.1 Å². The van der Waals surface area contributed by atoms with Gasteiger partial charge in [-0.15, -0.1) is 0 Å². The van der Waals surface area contributed by atoms with E-state index < -0.39 is 35.3 Å². The van der Waals surface area contributed by atoms with Crippen molar-refractivity contribution in [1.82, 2.24) is 14.6 Å². The van der Waals surface area contributed by atoms with Gasteiger partial charge in [0.15, 0.2) is 11.1 Å². The van der Waals surface area contributed by atoms with Crippen molar-refractivity contribution in [1.29, 1.82) is 0 Å². The first-order chi connectivity index (χ1) is 12.7. The number of alkyl halides is 3. The Morgan fingerprint density at radius 3 is 2.56 bits per heavy atom. The Labute approximate surface area is 149 Å². The molecule has 0 unspecified atom stereocenters. The third-order valence-electron chi connectivity index (χ3n) is 3.86. The lowest BCUT2D eigenvalue weighted by Gasteiger charge is -2.10. The van der Waals surface area contributed by atoms with Crippen molar-refractivity contribution in [2.24, 2.45) is 0 Å². The van der Waals surface area contributed by atoms with Crippen LogP contribution in [0.15, 0.2) is 41.5 Å². The van der Waals surface area contributed by atoms with Crippen LogP contribution in [0.2, 0.25) is 0 Å². The summed E-state index contributed by atoms with van der Waals surface area (Å²) >= 11 is 0. The molecule has 0 amide bonds. The molecule has 0 fully saturated rings. The van der Waals surface area contributed by atoms with Gasteiger partial charge in [0.25, 0.3) is 0 Å². The molecule has 2 aromatic heterocycles. The van der Waals surface area contributed by atoms with Gasteiger partial charge in [0.1, 0.15) is 17.3 Å². The second kappa shape index (κ2) is 6.71. The van der Waals surface area contributed by atoms with Crippen molar-refractivity contribution < 1.29 is 28.2 Å². The molecule has 0 atom stereocenters. The number of carbonyl (C=O) groups is 1. The van der Waals surface area contributed by atoms with E-state index in [1.807, 2.05) is 0 Å². The molecule has 140 valence electrons. The van der Waals surface area contributed by atoms with Gasteiger partial charge in [0, 0.05) is 18.1 Å². The maximum absolute atomic E-state index is 13.0. The SMILES string of the molecule is O=C(O)CC/C(O)=c1\c(=O)cc(-c2cccc(C(F)(F)F)c2)n2ncnc12. The first kappa shape index (κ1) is 18.4. The number of fused-ring (bicyclic) bond motifs is 1. The number of hydrogen-bond donors (Lipinski definition) is 2. The predicted octanol–water partition coefficient (Wildman–Crippen LogP) is 2.03. The van der Waals surface area contributed by atoms with Gasteiger partial charge in [-0.3, -0.25) is 9.59 Å². The highest BCUT2D eigenvalue weighted by Gasteiger charge is 2.30. The van der Waals surface area contributed by atoms with Crippen LogP contribution in [0, 0.1) is 0 Å². The molecule has 3 aromatic rings. The Morgan fingerprint density at radius 1 is 1.15 bits per heavy atom. The summed E-state index contributed by atoms with van der Waals surface area (Å²) in [7, 11) is 0. The topological polar surface area (TPSA) is 105 Å². The van der Waals surface area contributed by atoms with Gasteiger partial charge in [0.05, 0.1) is 17.7 Å². The zero-order valence-electron chi connectivity index (χ0n) is 13.6. The van der Waals surface area contributed by atoms with Crippen LogP contribution in [0.3, 0.4) is 0 Å². The summed E-state index contributed by atoms with van der Waals surface area (Å²) in [5, 5.41) is 22.5. The summed E-state index contributed by atoms with van der Waals surface area (Å²) in [6.45, 7) is 0. The number of nitrogens with zero attached hydrogens (tertiary/aromatic N) is 3. The van der Waals surface area contributed by atoms with E-state index in [0.717, 1.165) is 29.0 Å². The van der Waals surface area contributed by atoms with Gasteiger partial charge >= 0.3 is 12.1 Å². The molecule has 27 heavy (non-hydrogen) atoms. The summed E-state index contributed by atoms with van der Waals surface area (Å²) in [6.07, 6.45) is -4.17. The lowest BCUT2D eigenvalue weighted by molar-refractivity contribution is -0.138. The van der Waals surface area contributed by atoms with Crippen LogP contribution in [0.1, 0.15) is 18.4 Å². The standard InChI is InChI=1S/C17H12F3N3O4/c18-17(19,20)10-3-1-2-9(6-10)11-7-13(25)15(12(24)4-5-14(26)27)16-21-8-22-23(11)16/h1-3,6-8,24H,4-5H2,(H,26,27)/b15-12-. The highest BCUT2D eigenvalue weighted by molar-refractivity contribution is 5.69. The van der Waals surface area contributed by atoms with Crippen LogP contribution >= 0.6 is 0 Å². The number of carboxylic acid groups (broad SMARTS) is 1. The molecule has 0 aliphatic heterocycles. The second-order valence-electron chi connectivity index (χ2n) is 5.68. The lowest BCUT2D eigenvalue weighted by atomic mass is 10.1. The Hall–Kier alpha value is -3.43. The van der Waals surface area contributed by atoms with Crippen LogP contribution in [-0.4, -0.2) is 30.8 Å². The normalized spacial score (nSPS) is 13.0. The lowest BCUT2D eigenvalue weighted by Crippen LogP contribution is -2.30. The molecule has 2 N–H and O–H groups in total. The van der Waals surface area contributed by atoms with Crippen LogP contribution in [0.25, 0.3) is 22.7 Å². The molecule has 0 bridgehead atoms. The first-order valence-electron chi connectivity index (χ1n) is 7.67. The Morgan fingerprint density at radius 2 is 1.89 bits per heavy atom. The largest absolute Gasteiger partial charge is 0.511 e. The molecule has 0 aliphatic rings. The zero-order valence-corrected chi connectivity index (χ0v) is 13.6. The number of pyridine rings is 1. The maximum Gasteiger partial charge on any atom is 0.416 e. The van der Waals surface area contributed by atoms with Crippen molar-refractivity contribution >= 4 is 17.4 Å². The molecule has 1 aromatic carbocycles. The minimum atomic E-state index is -4.55. The van der Waals surface area contributed by atoms with E-state index in [-0.39, 0.29) is 28.5 Å². The van der Waals surface area contributed by atoms with Crippen LogP contribution in [0.5, 0.6) is 0 Å². The number of aliphatic hydroxyl groups is 1. The molecule has 0 aliphatic carbocycles. The highest BCUT2D eigenvalue weighted by Crippen LogP contribution is 2.31. The third-order valence-corrected chi connectivity index (χ3v) is 3.86. The molecule has 0 saturated carbocycles. The average molecular weight is 379 g/mol. The summed E-state index contributed by atoms with van der Waals surface area (Å²) in [5.74, 6) is -1.64. The van der Waals surface area contributed by atoms with Gasteiger partial charge in [0.2, 0.25) is 0 Å². The minimum absolute atomic E-state index is 0.0633. The molecule has 0 radical (unpaired) electrons. The molecule has 0 saturated heterocycles. The number of hydrogen-bond acceptors (Lipinski definition) is 5. The van der Waals surface area contributed by atoms with Crippen molar-refractivity contribution in [2.75, 3.05) is 0 Å². The van der Waals surface area contributed by atoms with E-state index in [2.05, 4.69) is 10.1 Å². The number of aliphatic carboxylic acids is 1. The Balaban J connectivity index is 2.23. The Kier molecular flexibility index (Phi) is 4.56. The number of aliphatic hydroxyl groups excluding tert-OH is 1. The minimum Gasteiger partial charge on any atom is -0.511 e. The molecule has 2 heterocycles. The monoisotopic (exact) mass is 379 g/mol. The molecule has 7 nitrogen and oxygen atoms in total. The first-order valence-corrected chi connectivity index (χ1v) is 7.67. The third kappa shape index (κ3) is 3.59. The molecule has 0 spiro atoms. The van der Waals surface area contributed by atoms with E-state index in [0.29, 0.717) is 0 Å². The fourth-order valence-electron chi connectivity index (χ4n) is 2.64. The number of benzene rings is 1. The Bertz CT molecular complexity index is 1140. The van der Waals surface area contributed by atoms with Crippen molar-refractivity contribution in [3.8, 4) is 11.3 Å². The van der Waals surface area contributed by atoms with E-state index in [1.54, 1.807) is 0 Å². The van der Waals surface area contributed by atoms with Gasteiger partial charge < -0.3 is 10.2 Å². The number of rotatable bonds is 4. The van der Waals surface area contributed by atoms with Gasteiger partial charge in [-0.25, -0.2) is 9.50 Å². The summed E-state index contributed by atoms with van der Waals surface area (Å²) in [5.41, 5.74) is -1.51. The van der Waals surface area contributed by atoms with Crippen LogP contribution in [-0.2, 0) is 11.0 Å². The van der Waals surface area contributed by atoms with Crippen molar-refractivity contribution in [3.05, 3.63) is 57.7 Å². The number of carboxylic acids is 1. The molecule has 10 heteroatoms. The fraction of sp³-hybridized carbons (Fsp3) is 0.176. The smallest absolute Gasteiger partial charge is 0.416 e. The highest BCUT2D eigenvalue weighted by atomic mass is 19.4. The van der Waals surface area contributed by atoms with Gasteiger partial charge in [-0.05, 0) is 12.1 Å². The van der Waals surface area contributed by atoms with Crippen molar-refractivity contribution in [2.45, 2.75) is 19.0 Å². The summed E-state index contributed by atoms with van der Waals surface area (Å²) < 4.78 is 40.0. The van der Waals surface area contributed by atoms with Crippen LogP contribution in [0.4, 0.5) is 13.2 Å². The summed E-state index contributed by atoms with van der Waals surface area (Å²) in [4.78, 5) is 27.0. The quantitative estimate of drug-likeness (QED) is 0.719. The predicted molar refractivity (Wildman–Crippen MR) is 87.8 cm³/mol. The van der Waals surface area contributed by atoms with E-state index in [9.17, 15) is 27.9 Å². The second-order valence-corrected chi connectivity index (χ2v) is 5.68. The van der Waals surface area contributed by atoms with Crippen molar-refractivity contribution in [3.63, 3.8) is 0 Å². The maximum atomic E-state index is 13.0. The average Bonchev–Trinajstić information content (AvgIpc) is 3.07.